The molecule has 1 rings (SSSR count). The monoisotopic (exact) mass is 319 g/mol. The lowest BCUT2D eigenvalue weighted by Gasteiger charge is -2.17. The van der Waals surface area contributed by atoms with Gasteiger partial charge in [-0.1, -0.05) is 45.0 Å². The zero-order chi connectivity index (χ0) is 17.4. The van der Waals surface area contributed by atoms with Crippen LogP contribution in [0, 0.1) is 0 Å². The highest BCUT2D eigenvalue weighted by atomic mass is 16.2. The Balaban J connectivity index is 2.41. The summed E-state index contributed by atoms with van der Waals surface area (Å²) < 4.78 is 0. The zero-order valence-corrected chi connectivity index (χ0v) is 14.8. The van der Waals surface area contributed by atoms with Crippen molar-refractivity contribution in [1.82, 2.24) is 15.5 Å². The summed E-state index contributed by atoms with van der Waals surface area (Å²) in [6.07, 6.45) is 0.827. The maximum absolute atomic E-state index is 11.9. The Labute approximate surface area is 139 Å². The van der Waals surface area contributed by atoms with Crippen molar-refractivity contribution in [2.75, 3.05) is 13.6 Å². The number of hydrogen-bond donors (Lipinski definition) is 2. The van der Waals surface area contributed by atoms with Crippen molar-refractivity contribution in [3.8, 4) is 0 Å². The molecule has 0 heterocycles. The van der Waals surface area contributed by atoms with E-state index in [0.29, 0.717) is 12.5 Å². The first-order valence-electron chi connectivity index (χ1n) is 8.19. The molecule has 0 fully saturated rings. The second-order valence-electron chi connectivity index (χ2n) is 6.40. The summed E-state index contributed by atoms with van der Waals surface area (Å²) in [5, 5.41) is 5.07. The Kier molecular flexibility index (Phi) is 7.75. The first-order valence-corrected chi connectivity index (χ1v) is 8.19. The summed E-state index contributed by atoms with van der Waals surface area (Å²) in [6.45, 7) is 9.05. The zero-order valence-electron chi connectivity index (χ0n) is 14.8. The molecule has 5 nitrogen and oxygen atoms in total. The lowest BCUT2D eigenvalue weighted by molar-refractivity contribution is -0.120. The lowest BCUT2D eigenvalue weighted by Crippen LogP contribution is -2.46. The van der Waals surface area contributed by atoms with E-state index in [1.54, 1.807) is 0 Å². The molecule has 0 aliphatic carbocycles. The van der Waals surface area contributed by atoms with E-state index in [0.717, 1.165) is 12.0 Å². The number of likely N-dealkylation sites (N-methyl/N-ethyl adjacent to an activating group) is 1. The van der Waals surface area contributed by atoms with Gasteiger partial charge in [-0.25, -0.2) is 4.79 Å². The highest BCUT2D eigenvalue weighted by Crippen LogP contribution is 2.15. The third kappa shape index (κ3) is 7.28. The van der Waals surface area contributed by atoms with Crippen LogP contribution in [0.1, 0.15) is 51.2 Å². The molecule has 0 aliphatic heterocycles. The SMILES string of the molecule is CC[C@@H](C)NC(=O)NC(=O)CN(C)Cc1ccc(C(C)C)cc1. The Hall–Kier alpha value is -1.88. The summed E-state index contributed by atoms with van der Waals surface area (Å²) in [4.78, 5) is 25.3. The highest BCUT2D eigenvalue weighted by Gasteiger charge is 2.12. The molecule has 0 spiro atoms. The van der Waals surface area contributed by atoms with Gasteiger partial charge in [-0.05, 0) is 37.4 Å². The first kappa shape index (κ1) is 19.2. The van der Waals surface area contributed by atoms with E-state index in [1.807, 2.05) is 25.8 Å². The van der Waals surface area contributed by atoms with Gasteiger partial charge in [0.15, 0.2) is 0 Å². The first-order chi connectivity index (χ1) is 10.8. The van der Waals surface area contributed by atoms with Gasteiger partial charge < -0.3 is 5.32 Å². The summed E-state index contributed by atoms with van der Waals surface area (Å²) in [5.74, 6) is 0.212. The minimum atomic E-state index is -0.431. The molecular formula is C18H29N3O2. The molecule has 0 aromatic heterocycles. The summed E-state index contributed by atoms with van der Waals surface area (Å²) in [6, 6.07) is 8.03. The molecule has 0 saturated carbocycles. The number of hydrogen-bond acceptors (Lipinski definition) is 3. The Morgan fingerprint density at radius 2 is 1.74 bits per heavy atom. The lowest BCUT2D eigenvalue weighted by atomic mass is 10.0. The van der Waals surface area contributed by atoms with Gasteiger partial charge in [-0.15, -0.1) is 0 Å². The summed E-state index contributed by atoms with van der Waals surface area (Å²) in [7, 11) is 1.86. The van der Waals surface area contributed by atoms with Crippen LogP contribution in [-0.2, 0) is 11.3 Å². The fourth-order valence-corrected chi connectivity index (χ4v) is 2.15. The van der Waals surface area contributed by atoms with E-state index in [4.69, 9.17) is 0 Å². The highest BCUT2D eigenvalue weighted by molar-refractivity contribution is 5.95. The number of amides is 3. The number of nitrogens with zero attached hydrogens (tertiary/aromatic N) is 1. The van der Waals surface area contributed by atoms with Gasteiger partial charge in [0.1, 0.15) is 0 Å². The van der Waals surface area contributed by atoms with Crippen LogP contribution in [0.3, 0.4) is 0 Å². The van der Waals surface area contributed by atoms with Crippen LogP contribution in [-0.4, -0.2) is 36.5 Å². The van der Waals surface area contributed by atoms with Crippen LogP contribution >= 0.6 is 0 Å². The minimum absolute atomic E-state index is 0.0556. The third-order valence-corrected chi connectivity index (χ3v) is 3.76. The van der Waals surface area contributed by atoms with Crippen LogP contribution in [0.4, 0.5) is 4.79 Å². The smallest absolute Gasteiger partial charge is 0.321 e. The molecule has 128 valence electrons. The van der Waals surface area contributed by atoms with Gasteiger partial charge in [0.2, 0.25) is 5.91 Å². The molecular weight excluding hydrogens is 290 g/mol. The third-order valence-electron chi connectivity index (χ3n) is 3.76. The van der Waals surface area contributed by atoms with Gasteiger partial charge in [-0.2, -0.15) is 0 Å². The Bertz CT molecular complexity index is 512. The average Bonchev–Trinajstić information content (AvgIpc) is 2.46. The maximum Gasteiger partial charge on any atom is 0.321 e. The molecule has 23 heavy (non-hydrogen) atoms. The molecule has 3 amide bonds. The second-order valence-corrected chi connectivity index (χ2v) is 6.40. The van der Waals surface area contributed by atoms with Gasteiger partial charge in [0.05, 0.1) is 6.54 Å². The van der Waals surface area contributed by atoms with E-state index in [2.05, 4.69) is 48.7 Å². The normalized spacial score (nSPS) is 12.3. The Morgan fingerprint density at radius 3 is 2.26 bits per heavy atom. The fraction of sp³-hybridized carbons (Fsp3) is 0.556. The van der Waals surface area contributed by atoms with Crippen LogP contribution < -0.4 is 10.6 Å². The van der Waals surface area contributed by atoms with Crippen molar-refractivity contribution >= 4 is 11.9 Å². The van der Waals surface area contributed by atoms with Crippen molar-refractivity contribution < 1.29 is 9.59 Å². The van der Waals surface area contributed by atoms with E-state index in [1.165, 1.54) is 5.56 Å². The molecule has 5 heteroatoms. The quantitative estimate of drug-likeness (QED) is 0.812. The summed E-state index contributed by atoms with van der Waals surface area (Å²) in [5.41, 5.74) is 2.45. The minimum Gasteiger partial charge on any atom is -0.335 e. The number of imide groups is 1. The van der Waals surface area contributed by atoms with Gasteiger partial charge >= 0.3 is 6.03 Å². The van der Waals surface area contributed by atoms with E-state index >= 15 is 0 Å². The number of carbonyl (C=O) groups is 2. The molecule has 0 unspecified atom stereocenters. The fourth-order valence-electron chi connectivity index (χ4n) is 2.15. The largest absolute Gasteiger partial charge is 0.335 e. The van der Waals surface area contributed by atoms with Crippen molar-refractivity contribution in [3.63, 3.8) is 0 Å². The van der Waals surface area contributed by atoms with Crippen LogP contribution in [0.15, 0.2) is 24.3 Å². The van der Waals surface area contributed by atoms with Crippen molar-refractivity contribution in [2.24, 2.45) is 0 Å². The van der Waals surface area contributed by atoms with Crippen LogP contribution in [0.25, 0.3) is 0 Å². The molecule has 0 aliphatic rings. The molecule has 1 atom stereocenters. The number of carbonyl (C=O) groups excluding carboxylic acids is 2. The summed E-state index contributed by atoms with van der Waals surface area (Å²) >= 11 is 0. The Morgan fingerprint density at radius 1 is 1.13 bits per heavy atom. The van der Waals surface area contributed by atoms with Crippen LogP contribution in [0.2, 0.25) is 0 Å². The average molecular weight is 319 g/mol. The molecule has 1 aromatic rings. The van der Waals surface area contributed by atoms with E-state index < -0.39 is 6.03 Å². The van der Waals surface area contributed by atoms with Gasteiger partial charge in [0.25, 0.3) is 0 Å². The number of nitrogens with one attached hydrogen (secondary N) is 2. The maximum atomic E-state index is 11.9. The number of urea groups is 1. The van der Waals surface area contributed by atoms with E-state index in [-0.39, 0.29) is 18.5 Å². The predicted octanol–water partition coefficient (Wildman–Crippen LogP) is 2.87. The molecule has 0 bridgehead atoms. The standard InChI is InChI=1S/C18H29N3O2/c1-6-14(4)19-18(23)20-17(22)12-21(5)11-15-7-9-16(10-8-15)13(2)3/h7-10,13-14H,6,11-12H2,1-5H3,(H2,19,20,22,23)/t14-/m1/s1. The number of rotatable bonds is 7. The molecule has 0 saturated heterocycles. The molecule has 0 radical (unpaired) electrons. The second kappa shape index (κ2) is 9.30. The molecule has 1 aromatic carbocycles. The predicted molar refractivity (Wildman–Crippen MR) is 93.3 cm³/mol. The van der Waals surface area contributed by atoms with Gasteiger partial charge in [-0.3, -0.25) is 15.0 Å². The van der Waals surface area contributed by atoms with E-state index in [9.17, 15) is 9.59 Å². The number of benzene rings is 1. The van der Waals surface area contributed by atoms with Crippen LogP contribution in [0.5, 0.6) is 0 Å². The van der Waals surface area contributed by atoms with Crippen molar-refractivity contribution in [3.05, 3.63) is 35.4 Å². The van der Waals surface area contributed by atoms with Crippen molar-refractivity contribution in [1.29, 1.82) is 0 Å². The van der Waals surface area contributed by atoms with Crippen molar-refractivity contribution in [2.45, 2.75) is 52.6 Å². The van der Waals surface area contributed by atoms with Gasteiger partial charge in [0, 0.05) is 12.6 Å². The molecule has 2 N–H and O–H groups in total. The topological polar surface area (TPSA) is 61.4 Å².